The fourth-order valence-corrected chi connectivity index (χ4v) is 4.72. The number of carbonyl (C=O) groups is 1. The lowest BCUT2D eigenvalue weighted by Crippen LogP contribution is -2.13. The second kappa shape index (κ2) is 8.14. The van der Waals surface area contributed by atoms with Crippen LogP contribution in [0.2, 0.25) is 0 Å². The molecule has 0 saturated heterocycles. The van der Waals surface area contributed by atoms with Crippen molar-refractivity contribution in [1.82, 2.24) is 10.2 Å². The van der Waals surface area contributed by atoms with E-state index in [9.17, 15) is 15.3 Å². The Balaban J connectivity index is 1.63. The van der Waals surface area contributed by atoms with Crippen molar-refractivity contribution in [2.24, 2.45) is 0 Å². The summed E-state index contributed by atoms with van der Waals surface area (Å²) in [6.45, 7) is 0. The molecule has 1 amide bonds. The van der Waals surface area contributed by atoms with Crippen LogP contribution in [-0.4, -0.2) is 16.1 Å². The van der Waals surface area contributed by atoms with Gasteiger partial charge in [0, 0.05) is 16.0 Å². The highest BCUT2D eigenvalue weighted by molar-refractivity contribution is 7.16. The Morgan fingerprint density at radius 1 is 1.21 bits per heavy atom. The van der Waals surface area contributed by atoms with Gasteiger partial charge < -0.3 is 5.32 Å². The first-order valence-corrected chi connectivity index (χ1v) is 10.1. The van der Waals surface area contributed by atoms with Crippen molar-refractivity contribution in [3.8, 4) is 23.4 Å². The third-order valence-corrected chi connectivity index (χ3v) is 6.11. The van der Waals surface area contributed by atoms with E-state index in [1.807, 2.05) is 36.4 Å². The van der Waals surface area contributed by atoms with Crippen LogP contribution in [0.4, 0.5) is 5.00 Å². The van der Waals surface area contributed by atoms with E-state index in [0.717, 1.165) is 47.4 Å². The van der Waals surface area contributed by atoms with Gasteiger partial charge in [0.1, 0.15) is 22.7 Å². The summed E-state index contributed by atoms with van der Waals surface area (Å²) >= 11 is 1.44. The summed E-state index contributed by atoms with van der Waals surface area (Å²) in [5.41, 5.74) is 3.82. The smallest absolute Gasteiger partial charge is 0.266 e. The Morgan fingerprint density at radius 2 is 2.00 bits per heavy atom. The molecule has 0 fully saturated rings. The molecule has 0 aliphatic heterocycles. The Labute approximate surface area is 172 Å². The molecule has 1 aliphatic carbocycles. The summed E-state index contributed by atoms with van der Waals surface area (Å²) < 4.78 is 0. The van der Waals surface area contributed by atoms with E-state index >= 15 is 0 Å². The number of hydrogen-bond acceptors (Lipinski definition) is 5. The number of nitrogens with zero attached hydrogens (tertiary/aromatic N) is 3. The first-order valence-electron chi connectivity index (χ1n) is 9.28. The molecule has 2 heterocycles. The molecule has 4 rings (SSSR count). The first-order chi connectivity index (χ1) is 14.2. The molecule has 2 N–H and O–H groups in total. The fourth-order valence-electron chi connectivity index (χ4n) is 3.49. The highest BCUT2D eigenvalue weighted by atomic mass is 32.1. The van der Waals surface area contributed by atoms with Gasteiger partial charge in [-0.2, -0.15) is 15.6 Å². The van der Waals surface area contributed by atoms with Crippen molar-refractivity contribution >= 4 is 28.3 Å². The van der Waals surface area contributed by atoms with Crippen LogP contribution in [0.5, 0.6) is 0 Å². The molecule has 1 aliphatic rings. The maximum atomic E-state index is 12.8. The third-order valence-electron chi connectivity index (χ3n) is 4.91. The van der Waals surface area contributed by atoms with E-state index in [4.69, 9.17) is 0 Å². The maximum absolute atomic E-state index is 12.8. The molecule has 3 aromatic rings. The summed E-state index contributed by atoms with van der Waals surface area (Å²) in [6, 6.07) is 13.8. The molecule has 1 aromatic carbocycles. The lowest BCUT2D eigenvalue weighted by molar-refractivity contribution is -0.112. The molecule has 0 atom stereocenters. The van der Waals surface area contributed by atoms with Crippen LogP contribution in [0.1, 0.15) is 34.4 Å². The molecule has 0 bridgehead atoms. The molecule has 142 valence electrons. The summed E-state index contributed by atoms with van der Waals surface area (Å²) in [5, 5.41) is 29.4. The van der Waals surface area contributed by atoms with Gasteiger partial charge in [-0.05, 0) is 37.3 Å². The van der Waals surface area contributed by atoms with Crippen LogP contribution in [0.15, 0.2) is 42.1 Å². The number of thiophene rings is 1. The van der Waals surface area contributed by atoms with E-state index in [0.29, 0.717) is 16.1 Å². The number of benzene rings is 1. The highest BCUT2D eigenvalue weighted by Crippen LogP contribution is 2.37. The Bertz CT molecular complexity index is 1170. The number of carbonyl (C=O) groups excluding carboxylic acids is 1. The average molecular weight is 399 g/mol. The van der Waals surface area contributed by atoms with Gasteiger partial charge in [0.15, 0.2) is 0 Å². The van der Waals surface area contributed by atoms with Gasteiger partial charge in [0.05, 0.1) is 17.5 Å². The number of aromatic nitrogens is 2. The number of amides is 1. The van der Waals surface area contributed by atoms with Crippen molar-refractivity contribution in [2.75, 3.05) is 5.32 Å². The third kappa shape index (κ3) is 3.69. The van der Waals surface area contributed by atoms with Crippen LogP contribution in [0.25, 0.3) is 17.3 Å². The van der Waals surface area contributed by atoms with Crippen molar-refractivity contribution in [2.45, 2.75) is 25.7 Å². The monoisotopic (exact) mass is 399 g/mol. The summed E-state index contributed by atoms with van der Waals surface area (Å²) in [7, 11) is 0. The van der Waals surface area contributed by atoms with Crippen LogP contribution in [0.3, 0.4) is 0 Å². The molecule has 0 saturated carbocycles. The predicted octanol–water partition coefficient (Wildman–Crippen LogP) is 4.43. The topological polar surface area (TPSA) is 105 Å². The number of nitriles is 2. The van der Waals surface area contributed by atoms with Gasteiger partial charge in [-0.25, -0.2) is 0 Å². The minimum absolute atomic E-state index is 0.0427. The van der Waals surface area contributed by atoms with E-state index in [2.05, 4.69) is 21.6 Å². The second-order valence-electron chi connectivity index (χ2n) is 6.72. The zero-order chi connectivity index (χ0) is 20.2. The number of H-pyrrole nitrogens is 1. The molecule has 7 heteroatoms. The van der Waals surface area contributed by atoms with E-state index < -0.39 is 5.91 Å². The Morgan fingerprint density at radius 3 is 2.76 bits per heavy atom. The van der Waals surface area contributed by atoms with Crippen LogP contribution in [0, 0.1) is 22.7 Å². The average Bonchev–Trinajstić information content (AvgIpc) is 3.36. The number of rotatable bonds is 4. The number of aromatic amines is 1. The van der Waals surface area contributed by atoms with E-state index in [1.54, 1.807) is 6.20 Å². The normalized spacial score (nSPS) is 13.2. The molecule has 29 heavy (non-hydrogen) atoms. The zero-order valence-corrected chi connectivity index (χ0v) is 16.3. The zero-order valence-electron chi connectivity index (χ0n) is 15.5. The van der Waals surface area contributed by atoms with Gasteiger partial charge in [-0.3, -0.25) is 9.89 Å². The number of nitrogens with one attached hydrogen (secondary N) is 2. The molecule has 0 spiro atoms. The number of hydrogen-bond donors (Lipinski definition) is 2. The minimum Gasteiger partial charge on any atom is -0.312 e. The summed E-state index contributed by atoms with van der Waals surface area (Å²) in [5.74, 6) is -0.525. The molecular weight excluding hydrogens is 382 g/mol. The lowest BCUT2D eigenvalue weighted by atomic mass is 9.96. The van der Waals surface area contributed by atoms with Crippen LogP contribution >= 0.6 is 11.3 Å². The number of anilines is 1. The van der Waals surface area contributed by atoms with Gasteiger partial charge >= 0.3 is 0 Å². The van der Waals surface area contributed by atoms with Crippen molar-refractivity contribution in [3.63, 3.8) is 0 Å². The quantitative estimate of drug-likeness (QED) is 0.500. The van der Waals surface area contributed by atoms with Crippen molar-refractivity contribution < 1.29 is 4.79 Å². The van der Waals surface area contributed by atoms with Crippen molar-refractivity contribution in [3.05, 3.63) is 63.7 Å². The SMILES string of the molecule is N#C/C(=C/c1cn[nH]c1-c1ccccc1)C(=O)Nc1sc2c(c1C#N)CCCC2. The molecule has 0 radical (unpaired) electrons. The van der Waals surface area contributed by atoms with Gasteiger partial charge in [0.25, 0.3) is 5.91 Å². The fraction of sp³-hybridized carbons (Fsp3) is 0.182. The number of aryl methyl sites for hydroxylation is 1. The van der Waals surface area contributed by atoms with Gasteiger partial charge in [-0.15, -0.1) is 11.3 Å². The van der Waals surface area contributed by atoms with Gasteiger partial charge in [0.2, 0.25) is 0 Å². The maximum Gasteiger partial charge on any atom is 0.266 e. The Kier molecular flexibility index (Phi) is 5.24. The molecular formula is C22H17N5OS. The van der Waals surface area contributed by atoms with Crippen LogP contribution < -0.4 is 5.32 Å². The predicted molar refractivity (Wildman–Crippen MR) is 112 cm³/mol. The largest absolute Gasteiger partial charge is 0.312 e. The van der Waals surface area contributed by atoms with Crippen LogP contribution in [-0.2, 0) is 17.6 Å². The molecule has 2 aromatic heterocycles. The summed E-state index contributed by atoms with van der Waals surface area (Å²) in [4.78, 5) is 13.9. The van der Waals surface area contributed by atoms with Crippen molar-refractivity contribution in [1.29, 1.82) is 10.5 Å². The van der Waals surface area contributed by atoms with E-state index in [1.165, 1.54) is 17.4 Å². The minimum atomic E-state index is -0.525. The lowest BCUT2D eigenvalue weighted by Gasteiger charge is -2.09. The standard InChI is InChI=1S/C22H17N5OS/c23-11-15(10-16-13-25-27-20(16)14-6-2-1-3-7-14)21(28)26-22-18(12-24)17-8-4-5-9-19(17)29-22/h1-3,6-7,10,13H,4-5,8-9H2,(H,25,27)(H,26,28)/b15-10-. The Hall–Kier alpha value is -3.68. The number of fused-ring (bicyclic) bond motifs is 1. The summed E-state index contributed by atoms with van der Waals surface area (Å²) in [6.07, 6.45) is 7.04. The second-order valence-corrected chi connectivity index (χ2v) is 7.82. The molecule has 0 unspecified atom stereocenters. The van der Waals surface area contributed by atoms with Gasteiger partial charge in [-0.1, -0.05) is 30.3 Å². The molecule has 6 nitrogen and oxygen atoms in total. The first kappa shape index (κ1) is 18.7. The van der Waals surface area contributed by atoms with E-state index in [-0.39, 0.29) is 5.57 Å². The highest BCUT2D eigenvalue weighted by Gasteiger charge is 2.23.